The number of amides is 1. The molecule has 0 bridgehead atoms. The number of para-hydroxylation sites is 1. The minimum Gasteiger partial charge on any atom is -0.356 e. The fourth-order valence-electron chi connectivity index (χ4n) is 3.82. The van der Waals surface area contributed by atoms with E-state index in [-0.39, 0.29) is 11.5 Å². The number of hydrogen-bond acceptors (Lipinski definition) is 4. The lowest BCUT2D eigenvalue weighted by Crippen LogP contribution is -2.31. The summed E-state index contributed by atoms with van der Waals surface area (Å²) in [5.41, 5.74) is 0.672. The molecule has 26 heavy (non-hydrogen) atoms. The van der Waals surface area contributed by atoms with Crippen molar-refractivity contribution in [3.63, 3.8) is 0 Å². The predicted octanol–water partition coefficient (Wildman–Crippen LogP) is 1.78. The van der Waals surface area contributed by atoms with Crippen LogP contribution in [-0.2, 0) is 11.3 Å². The van der Waals surface area contributed by atoms with Gasteiger partial charge in [0.15, 0.2) is 0 Å². The SMILES string of the molecule is O=C(CCCn1cnc2ccccc2c1=O)NC[C@H]1CCN(C2CC2)C1. The number of carbonyl (C=O) groups excluding carboxylic acids is 1. The molecule has 1 N–H and O–H groups in total. The van der Waals surface area contributed by atoms with Crippen LogP contribution in [0.15, 0.2) is 35.4 Å². The molecule has 4 rings (SSSR count). The first-order valence-electron chi connectivity index (χ1n) is 9.65. The Morgan fingerprint density at radius 1 is 1.23 bits per heavy atom. The van der Waals surface area contributed by atoms with Crippen molar-refractivity contribution in [2.45, 2.75) is 44.7 Å². The molecule has 1 aliphatic carbocycles. The van der Waals surface area contributed by atoms with Gasteiger partial charge in [-0.2, -0.15) is 0 Å². The largest absolute Gasteiger partial charge is 0.356 e. The first-order valence-corrected chi connectivity index (χ1v) is 9.65. The third-order valence-corrected chi connectivity index (χ3v) is 5.50. The minimum absolute atomic E-state index is 0.0397. The average Bonchev–Trinajstić information content (AvgIpc) is 3.40. The molecule has 1 saturated heterocycles. The van der Waals surface area contributed by atoms with Crippen LogP contribution >= 0.6 is 0 Å². The molecule has 2 heterocycles. The van der Waals surface area contributed by atoms with E-state index in [0.717, 1.165) is 19.1 Å². The monoisotopic (exact) mass is 354 g/mol. The van der Waals surface area contributed by atoms with E-state index >= 15 is 0 Å². The van der Waals surface area contributed by atoms with Gasteiger partial charge in [-0.15, -0.1) is 0 Å². The van der Waals surface area contributed by atoms with Gasteiger partial charge in [0.1, 0.15) is 0 Å². The number of aromatic nitrogens is 2. The van der Waals surface area contributed by atoms with Gasteiger partial charge >= 0.3 is 0 Å². The van der Waals surface area contributed by atoms with Gasteiger partial charge in [0, 0.05) is 32.1 Å². The van der Waals surface area contributed by atoms with E-state index in [2.05, 4.69) is 15.2 Å². The zero-order chi connectivity index (χ0) is 17.9. The second kappa shape index (κ2) is 7.58. The molecule has 1 atom stereocenters. The number of fused-ring (bicyclic) bond motifs is 1. The van der Waals surface area contributed by atoms with Gasteiger partial charge in [-0.1, -0.05) is 12.1 Å². The number of nitrogens with one attached hydrogen (secondary N) is 1. The van der Waals surface area contributed by atoms with Crippen molar-refractivity contribution in [3.8, 4) is 0 Å². The minimum atomic E-state index is -0.0397. The van der Waals surface area contributed by atoms with Crippen molar-refractivity contribution in [1.29, 1.82) is 0 Å². The molecule has 6 heteroatoms. The highest BCUT2D eigenvalue weighted by molar-refractivity contribution is 5.77. The number of benzene rings is 1. The molecular formula is C20H26N4O2. The lowest BCUT2D eigenvalue weighted by atomic mass is 10.1. The Morgan fingerprint density at radius 2 is 2.08 bits per heavy atom. The second-order valence-electron chi connectivity index (χ2n) is 7.55. The van der Waals surface area contributed by atoms with Gasteiger partial charge in [0.25, 0.3) is 5.56 Å². The number of likely N-dealkylation sites (tertiary alicyclic amines) is 1. The summed E-state index contributed by atoms with van der Waals surface area (Å²) >= 11 is 0. The molecule has 2 aromatic rings. The second-order valence-corrected chi connectivity index (χ2v) is 7.55. The van der Waals surface area contributed by atoms with Crippen molar-refractivity contribution in [3.05, 3.63) is 40.9 Å². The van der Waals surface area contributed by atoms with Crippen molar-refractivity contribution in [1.82, 2.24) is 19.8 Å². The van der Waals surface area contributed by atoms with Gasteiger partial charge in [0.05, 0.1) is 17.2 Å². The lowest BCUT2D eigenvalue weighted by Gasteiger charge is -2.15. The molecule has 0 unspecified atom stereocenters. The molecule has 0 spiro atoms. The maximum absolute atomic E-state index is 12.4. The van der Waals surface area contributed by atoms with E-state index in [1.165, 1.54) is 25.8 Å². The first kappa shape index (κ1) is 17.2. The maximum Gasteiger partial charge on any atom is 0.261 e. The van der Waals surface area contributed by atoms with Crippen LogP contribution < -0.4 is 10.9 Å². The van der Waals surface area contributed by atoms with Crippen molar-refractivity contribution >= 4 is 16.8 Å². The predicted molar refractivity (Wildman–Crippen MR) is 101 cm³/mol. The lowest BCUT2D eigenvalue weighted by molar-refractivity contribution is -0.121. The summed E-state index contributed by atoms with van der Waals surface area (Å²) in [6.07, 6.45) is 6.55. The van der Waals surface area contributed by atoms with Gasteiger partial charge in [-0.3, -0.25) is 14.2 Å². The number of aryl methyl sites for hydroxylation is 1. The Morgan fingerprint density at radius 3 is 2.92 bits per heavy atom. The van der Waals surface area contributed by atoms with Crippen LogP contribution in [0.1, 0.15) is 32.1 Å². The smallest absolute Gasteiger partial charge is 0.261 e. The van der Waals surface area contributed by atoms with Gasteiger partial charge in [0.2, 0.25) is 5.91 Å². The molecule has 138 valence electrons. The summed E-state index contributed by atoms with van der Waals surface area (Å²) in [7, 11) is 0. The summed E-state index contributed by atoms with van der Waals surface area (Å²) in [5, 5.41) is 3.69. The third kappa shape index (κ3) is 3.96. The molecule has 1 aliphatic heterocycles. The Bertz CT molecular complexity index is 843. The van der Waals surface area contributed by atoms with Crippen molar-refractivity contribution in [2.24, 2.45) is 5.92 Å². The zero-order valence-electron chi connectivity index (χ0n) is 15.1. The fraction of sp³-hybridized carbons (Fsp3) is 0.550. The van der Waals surface area contributed by atoms with Crippen LogP contribution in [0, 0.1) is 5.92 Å². The van der Waals surface area contributed by atoms with E-state index in [1.54, 1.807) is 17.0 Å². The average molecular weight is 354 g/mol. The first-order chi connectivity index (χ1) is 12.7. The van der Waals surface area contributed by atoms with Gasteiger partial charge < -0.3 is 10.2 Å². The Kier molecular flexibility index (Phi) is 5.02. The standard InChI is InChI=1S/C20H26N4O2/c25-19(21-12-15-9-11-23(13-15)16-7-8-16)6-3-10-24-14-22-18-5-2-1-4-17(18)20(24)26/h1-2,4-5,14-16H,3,6-13H2,(H,21,25)/t15-/m1/s1. The molecule has 1 aromatic carbocycles. The normalized spacial score (nSPS) is 20.5. The highest BCUT2D eigenvalue weighted by Crippen LogP contribution is 2.31. The summed E-state index contributed by atoms with van der Waals surface area (Å²) in [4.78, 5) is 31.4. The Balaban J connectivity index is 1.21. The van der Waals surface area contributed by atoms with E-state index in [0.29, 0.717) is 36.2 Å². The zero-order valence-corrected chi connectivity index (χ0v) is 15.1. The van der Waals surface area contributed by atoms with Crippen molar-refractivity contribution in [2.75, 3.05) is 19.6 Å². The van der Waals surface area contributed by atoms with Crippen LogP contribution in [-0.4, -0.2) is 46.0 Å². The van der Waals surface area contributed by atoms with E-state index in [1.807, 2.05) is 18.2 Å². The maximum atomic E-state index is 12.4. The molecule has 2 aliphatic rings. The highest BCUT2D eigenvalue weighted by atomic mass is 16.1. The summed E-state index contributed by atoms with van der Waals surface area (Å²) in [6, 6.07) is 8.17. The Hall–Kier alpha value is -2.21. The number of hydrogen-bond donors (Lipinski definition) is 1. The van der Waals surface area contributed by atoms with E-state index in [9.17, 15) is 9.59 Å². The molecule has 1 saturated carbocycles. The Labute approximate surface area is 153 Å². The number of nitrogens with zero attached hydrogens (tertiary/aromatic N) is 3. The molecule has 1 amide bonds. The van der Waals surface area contributed by atoms with Crippen molar-refractivity contribution < 1.29 is 4.79 Å². The molecule has 2 fully saturated rings. The van der Waals surface area contributed by atoms with Crippen LogP contribution in [0.2, 0.25) is 0 Å². The molecule has 1 aromatic heterocycles. The molecule has 0 radical (unpaired) electrons. The van der Waals surface area contributed by atoms with Crippen LogP contribution in [0.4, 0.5) is 0 Å². The quantitative estimate of drug-likeness (QED) is 0.823. The van der Waals surface area contributed by atoms with Gasteiger partial charge in [-0.25, -0.2) is 4.98 Å². The van der Waals surface area contributed by atoms with Crippen LogP contribution in [0.3, 0.4) is 0 Å². The molecular weight excluding hydrogens is 328 g/mol. The van der Waals surface area contributed by atoms with Crippen LogP contribution in [0.5, 0.6) is 0 Å². The number of carbonyl (C=O) groups is 1. The topological polar surface area (TPSA) is 67.2 Å². The third-order valence-electron chi connectivity index (χ3n) is 5.50. The molecule has 6 nitrogen and oxygen atoms in total. The highest BCUT2D eigenvalue weighted by Gasteiger charge is 2.34. The fourth-order valence-corrected chi connectivity index (χ4v) is 3.82. The number of rotatable bonds is 7. The summed E-state index contributed by atoms with van der Waals surface area (Å²) in [5.74, 6) is 0.670. The van der Waals surface area contributed by atoms with E-state index < -0.39 is 0 Å². The van der Waals surface area contributed by atoms with Crippen LogP contribution in [0.25, 0.3) is 10.9 Å². The van der Waals surface area contributed by atoms with Gasteiger partial charge in [-0.05, 0) is 50.3 Å². The summed E-state index contributed by atoms with van der Waals surface area (Å²) < 4.78 is 1.60. The van der Waals surface area contributed by atoms with E-state index in [4.69, 9.17) is 0 Å². The summed E-state index contributed by atoms with van der Waals surface area (Å²) in [6.45, 7) is 3.61.